The van der Waals surface area contributed by atoms with E-state index in [1.165, 1.54) is 6.33 Å². The first kappa shape index (κ1) is 58.8. The highest BCUT2D eigenvalue weighted by Gasteiger charge is 2.45. The highest BCUT2D eigenvalue weighted by atomic mass is 33.1. The number of aromatic nitrogens is 4. The largest absolute Gasteiger partial charge is 0.497 e. The monoisotopic (exact) mass is 1120 g/mol. The van der Waals surface area contributed by atoms with E-state index in [-0.39, 0.29) is 47.6 Å². The number of hydrogen-bond donors (Lipinski definition) is 2. The second-order valence-corrected chi connectivity index (χ2v) is 24.4. The standard InChI is InChI=1S/C61H70N7O8PS2/c1-10-36-62-54(69)33-35-60(6,7)79-78-53-24-18-17-19-44(53)34-37-74-77(68(42(2)3)43(4)5)76-51-38-55(67-41-65-56-57(63-40-64-58(56)67)66-59(70)45-20-13-11-14-21-45)75-52(51)39-73-61(46-22-15-12-16-23-46,47-25-29-49(71-8)30-26-47)48-27-31-50(72-9)32-28-48/h1,11-32,40-43,51-52,55H,33-39H2,2-9H3,(H,62,69)(H,63,64,66,70). The first-order chi connectivity index (χ1) is 38.2. The number of nitrogens with zero attached hydrogens (tertiary/aromatic N) is 5. The van der Waals surface area contributed by atoms with Crippen LogP contribution in [0, 0.1) is 12.3 Å². The molecule has 4 unspecified atom stereocenters. The van der Waals surface area contributed by atoms with Crippen LogP contribution in [0.3, 0.4) is 0 Å². The predicted molar refractivity (Wildman–Crippen MR) is 315 cm³/mol. The number of imidazole rings is 1. The summed E-state index contributed by atoms with van der Waals surface area (Å²) in [5.41, 5.74) is 4.03. The van der Waals surface area contributed by atoms with Gasteiger partial charge in [-0.2, -0.15) is 0 Å². The first-order valence-electron chi connectivity index (χ1n) is 26.4. The average molecular weight is 1120 g/mol. The Labute approximate surface area is 473 Å². The lowest BCUT2D eigenvalue weighted by molar-refractivity contribution is -0.121. The van der Waals surface area contributed by atoms with Crippen LogP contribution in [-0.2, 0) is 35.3 Å². The minimum absolute atomic E-state index is 0.0458. The molecule has 5 aromatic carbocycles. The molecule has 2 amide bonds. The number of terminal acetylenes is 1. The molecule has 0 bridgehead atoms. The molecule has 1 fully saturated rings. The minimum atomic E-state index is -1.71. The molecule has 3 heterocycles. The van der Waals surface area contributed by atoms with Gasteiger partial charge in [-0.3, -0.25) is 14.2 Å². The van der Waals surface area contributed by atoms with Crippen molar-refractivity contribution in [3.05, 3.63) is 174 Å². The number of nitrogens with one attached hydrogen (secondary N) is 2. The molecule has 8 rings (SSSR count). The van der Waals surface area contributed by atoms with Crippen molar-refractivity contribution in [1.29, 1.82) is 0 Å². The lowest BCUT2D eigenvalue weighted by Crippen LogP contribution is -2.39. The molecule has 1 saturated heterocycles. The van der Waals surface area contributed by atoms with E-state index in [0.29, 0.717) is 60.5 Å². The molecule has 4 atom stereocenters. The topological polar surface area (TPSA) is 160 Å². The lowest BCUT2D eigenvalue weighted by atomic mass is 9.80. The van der Waals surface area contributed by atoms with E-state index in [1.807, 2.05) is 95.6 Å². The van der Waals surface area contributed by atoms with Gasteiger partial charge in [-0.05, 0) is 119 Å². The Balaban J connectivity index is 1.12. The quantitative estimate of drug-likeness (QED) is 0.0217. The molecule has 15 nitrogen and oxygen atoms in total. The van der Waals surface area contributed by atoms with Gasteiger partial charge in [0.15, 0.2) is 17.0 Å². The number of amides is 2. The van der Waals surface area contributed by atoms with E-state index in [1.54, 1.807) is 54.3 Å². The highest BCUT2D eigenvalue weighted by molar-refractivity contribution is 8.77. The third kappa shape index (κ3) is 14.7. The molecule has 1 aliphatic heterocycles. The van der Waals surface area contributed by atoms with Gasteiger partial charge in [0.05, 0.1) is 46.4 Å². The van der Waals surface area contributed by atoms with Crippen LogP contribution in [0.25, 0.3) is 11.2 Å². The van der Waals surface area contributed by atoms with E-state index in [2.05, 4.69) is 103 Å². The molecule has 18 heteroatoms. The van der Waals surface area contributed by atoms with Gasteiger partial charge in [-0.25, -0.2) is 19.6 Å². The second kappa shape index (κ2) is 27.7. The SMILES string of the molecule is C#CCNC(=O)CCC(C)(C)SSc1ccccc1CCOP(OC1CC(n2cnc3c(NC(=O)c4ccccc4)ncnc32)OC1COC(c1ccccc1)(c1ccc(OC)cc1)c1ccc(OC)cc1)N(C(C)C)C(C)C. The molecular formula is C61H70N7O8PS2. The second-order valence-electron chi connectivity index (χ2n) is 20.1. The summed E-state index contributed by atoms with van der Waals surface area (Å²) in [4.78, 5) is 40.8. The molecule has 7 aromatic rings. The molecule has 79 heavy (non-hydrogen) atoms. The van der Waals surface area contributed by atoms with Gasteiger partial charge >= 0.3 is 0 Å². The van der Waals surface area contributed by atoms with E-state index in [9.17, 15) is 9.59 Å². The van der Waals surface area contributed by atoms with Crippen LogP contribution < -0.4 is 20.1 Å². The van der Waals surface area contributed by atoms with Crippen LogP contribution in [0.1, 0.15) is 99.6 Å². The molecule has 2 N–H and O–H groups in total. The maximum atomic E-state index is 13.4. The van der Waals surface area contributed by atoms with Crippen molar-refractivity contribution < 1.29 is 37.6 Å². The summed E-state index contributed by atoms with van der Waals surface area (Å²) >= 11 is 0. The number of ether oxygens (including phenoxy) is 4. The van der Waals surface area contributed by atoms with Crippen molar-refractivity contribution in [2.45, 2.75) is 113 Å². The first-order valence-corrected chi connectivity index (χ1v) is 29.7. The fourth-order valence-corrected chi connectivity index (χ4v) is 13.8. The van der Waals surface area contributed by atoms with Crippen molar-refractivity contribution in [3.63, 3.8) is 0 Å². The van der Waals surface area contributed by atoms with E-state index in [4.69, 9.17) is 39.4 Å². The number of methoxy groups -OCH3 is 2. The van der Waals surface area contributed by atoms with Crippen LogP contribution in [0.4, 0.5) is 5.82 Å². The molecular weight excluding hydrogens is 1050 g/mol. The summed E-state index contributed by atoms with van der Waals surface area (Å²) < 4.78 is 44.4. The smallest absolute Gasteiger partial charge is 0.259 e. The van der Waals surface area contributed by atoms with Crippen molar-refractivity contribution in [2.24, 2.45) is 0 Å². The molecule has 0 radical (unpaired) electrons. The van der Waals surface area contributed by atoms with Crippen molar-refractivity contribution in [2.75, 3.05) is 39.3 Å². The number of carbonyl (C=O) groups is 2. The van der Waals surface area contributed by atoms with E-state index >= 15 is 0 Å². The Morgan fingerprint density at radius 3 is 2.09 bits per heavy atom. The number of benzene rings is 5. The van der Waals surface area contributed by atoms with Crippen molar-refractivity contribution in [3.8, 4) is 23.8 Å². The van der Waals surface area contributed by atoms with Crippen LogP contribution >= 0.6 is 30.1 Å². The molecule has 0 saturated carbocycles. The fraction of sp³-hybridized carbons (Fsp3) is 0.361. The summed E-state index contributed by atoms with van der Waals surface area (Å²) in [5.74, 6) is 3.80. The number of carbonyl (C=O) groups excluding carboxylic acids is 2. The minimum Gasteiger partial charge on any atom is -0.497 e. The fourth-order valence-electron chi connectivity index (χ4n) is 9.45. The Morgan fingerprint density at radius 1 is 0.835 bits per heavy atom. The van der Waals surface area contributed by atoms with Crippen LogP contribution in [0.2, 0.25) is 0 Å². The number of fused-ring (bicyclic) bond motifs is 1. The molecule has 0 aliphatic carbocycles. The maximum Gasteiger partial charge on any atom is 0.259 e. The third-order valence-electron chi connectivity index (χ3n) is 13.5. The Bertz CT molecular complexity index is 3070. The number of hydrogen-bond acceptors (Lipinski definition) is 14. The van der Waals surface area contributed by atoms with Crippen LogP contribution in [-0.4, -0.2) is 99.0 Å². The number of rotatable bonds is 27. The van der Waals surface area contributed by atoms with E-state index in [0.717, 1.165) is 27.1 Å². The zero-order valence-electron chi connectivity index (χ0n) is 46.0. The molecule has 1 aliphatic rings. The lowest BCUT2D eigenvalue weighted by Gasteiger charge is -2.39. The van der Waals surface area contributed by atoms with Crippen molar-refractivity contribution in [1.82, 2.24) is 29.5 Å². The van der Waals surface area contributed by atoms with Gasteiger partial charge in [-0.15, -0.1) is 6.42 Å². The van der Waals surface area contributed by atoms with Gasteiger partial charge in [0.2, 0.25) is 5.91 Å². The van der Waals surface area contributed by atoms with Gasteiger partial charge in [0, 0.05) is 40.1 Å². The summed E-state index contributed by atoms with van der Waals surface area (Å²) in [6.07, 6.45) is 8.69. The van der Waals surface area contributed by atoms with Gasteiger partial charge < -0.3 is 38.6 Å². The zero-order valence-corrected chi connectivity index (χ0v) is 48.6. The summed E-state index contributed by atoms with van der Waals surface area (Å²) in [7, 11) is 5.06. The van der Waals surface area contributed by atoms with Crippen molar-refractivity contribution >= 4 is 58.9 Å². The van der Waals surface area contributed by atoms with Crippen LogP contribution in [0.15, 0.2) is 151 Å². The third-order valence-corrected chi connectivity index (χ3v) is 19.1. The van der Waals surface area contributed by atoms with E-state index < -0.39 is 32.6 Å². The Kier molecular flexibility index (Phi) is 20.6. The van der Waals surface area contributed by atoms with Gasteiger partial charge in [0.25, 0.3) is 14.4 Å². The zero-order chi connectivity index (χ0) is 55.9. The Morgan fingerprint density at radius 2 is 1.46 bits per heavy atom. The summed E-state index contributed by atoms with van der Waals surface area (Å²) in [6, 6.07) is 43.5. The molecule has 2 aromatic heterocycles. The van der Waals surface area contributed by atoms with Gasteiger partial charge in [-0.1, -0.05) is 119 Å². The predicted octanol–water partition coefficient (Wildman–Crippen LogP) is 12.4. The summed E-state index contributed by atoms with van der Waals surface area (Å²) in [6.45, 7) is 13.6. The maximum absolute atomic E-state index is 13.4. The van der Waals surface area contributed by atoms with Crippen LogP contribution in [0.5, 0.6) is 11.5 Å². The normalized spacial score (nSPS) is 16.1. The average Bonchev–Trinajstić information content (AvgIpc) is 4.26. The molecule has 0 spiro atoms. The number of anilines is 1. The highest BCUT2D eigenvalue weighted by Crippen LogP contribution is 2.52. The Hall–Kier alpha value is -6.32. The molecule has 414 valence electrons. The summed E-state index contributed by atoms with van der Waals surface area (Å²) in [5, 5.41) is 5.71. The van der Waals surface area contributed by atoms with Gasteiger partial charge in [0.1, 0.15) is 35.8 Å².